The van der Waals surface area contributed by atoms with Crippen molar-refractivity contribution in [2.75, 3.05) is 13.2 Å². The van der Waals surface area contributed by atoms with Crippen molar-refractivity contribution in [2.45, 2.75) is 172 Å². The quantitative estimate of drug-likeness (QED) is 0.229. The molecule has 7 fully saturated rings. The van der Waals surface area contributed by atoms with E-state index in [1.807, 2.05) is 0 Å². The Kier molecular flexibility index (Phi) is 9.83. The second-order valence-electron chi connectivity index (χ2n) is 18.3. The van der Waals surface area contributed by atoms with Crippen LogP contribution in [-0.2, 0) is 28.4 Å². The molecule has 6 N–H and O–H groups in total. The van der Waals surface area contributed by atoms with Crippen LogP contribution >= 0.6 is 0 Å². The van der Waals surface area contributed by atoms with Crippen LogP contribution in [-0.4, -0.2) is 123 Å². The first-order chi connectivity index (χ1) is 24.2. The van der Waals surface area contributed by atoms with Gasteiger partial charge in [-0.3, -0.25) is 0 Å². The van der Waals surface area contributed by atoms with Crippen LogP contribution in [0.3, 0.4) is 0 Å². The fourth-order valence-electron chi connectivity index (χ4n) is 12.5. The molecular weight excluding hydrogens is 660 g/mol. The lowest BCUT2D eigenvalue weighted by molar-refractivity contribution is -0.334. The molecule has 4 saturated heterocycles. The third-order valence-electron chi connectivity index (χ3n) is 15.6. The van der Waals surface area contributed by atoms with Crippen molar-refractivity contribution in [3.63, 3.8) is 0 Å². The van der Waals surface area contributed by atoms with Gasteiger partial charge in [0.15, 0.2) is 18.4 Å². The molecule has 0 radical (unpaired) electrons. The van der Waals surface area contributed by atoms with Crippen molar-refractivity contribution in [3.8, 4) is 0 Å². The van der Waals surface area contributed by atoms with Crippen molar-refractivity contribution >= 4 is 0 Å². The number of rotatable bonds is 5. The van der Waals surface area contributed by atoms with Crippen molar-refractivity contribution in [1.82, 2.24) is 0 Å². The van der Waals surface area contributed by atoms with Gasteiger partial charge in [0.05, 0.1) is 31.5 Å². The minimum atomic E-state index is -1.54. The lowest BCUT2D eigenvalue weighted by atomic mass is 9.47. The van der Waals surface area contributed by atoms with Crippen LogP contribution in [0.15, 0.2) is 11.6 Å². The maximum absolute atomic E-state index is 10.9. The summed E-state index contributed by atoms with van der Waals surface area (Å²) in [5.41, 5.74) is 1.75. The van der Waals surface area contributed by atoms with Gasteiger partial charge in [-0.2, -0.15) is 0 Å². The second kappa shape index (κ2) is 13.5. The zero-order valence-corrected chi connectivity index (χ0v) is 30.9. The molecule has 4 aliphatic carbocycles. The van der Waals surface area contributed by atoms with Gasteiger partial charge < -0.3 is 59.1 Å². The van der Waals surface area contributed by atoms with E-state index in [1.165, 1.54) is 24.8 Å². The molecule has 4 aliphatic heterocycles. The highest BCUT2D eigenvalue weighted by molar-refractivity contribution is 5.26. The number of aliphatic hydroxyl groups excluding tert-OH is 6. The Morgan fingerprint density at radius 1 is 0.804 bits per heavy atom. The third-order valence-corrected chi connectivity index (χ3v) is 15.6. The van der Waals surface area contributed by atoms with Crippen LogP contribution in [0.5, 0.6) is 0 Å². The average molecular weight is 723 g/mol. The molecule has 51 heavy (non-hydrogen) atoms. The summed E-state index contributed by atoms with van der Waals surface area (Å²) in [6, 6.07) is 0. The highest BCUT2D eigenvalue weighted by atomic mass is 16.7. The van der Waals surface area contributed by atoms with E-state index in [-0.39, 0.29) is 29.6 Å². The topological polar surface area (TPSA) is 177 Å². The Bertz CT molecular complexity index is 1300. The Hall–Kier alpha value is -0.740. The van der Waals surface area contributed by atoms with E-state index < -0.39 is 67.2 Å². The lowest BCUT2D eigenvalue weighted by Crippen LogP contribution is -2.61. The fourth-order valence-corrected chi connectivity index (χ4v) is 12.5. The van der Waals surface area contributed by atoms with Gasteiger partial charge in [0, 0.05) is 12.3 Å². The SMILES string of the molecule is C[C@@H]1CC[C@@]2(OC1)O[C@H]1C[C@H]3[C@@H]4CC=C5C[C@@H](O[C@H]6O[C@@H](CO[C@@H]7O[C@@H](C)[C@H](O)[C@@H](O)[C@H]7O)[C@H](O)[C@@H](O)[C@@H]6O)CC[C@]5(C)[C@@H]4CC[C@]3(C)[C@H]1[C@@H]2C. The van der Waals surface area contributed by atoms with Gasteiger partial charge in [-0.05, 0) is 98.7 Å². The minimum Gasteiger partial charge on any atom is -0.388 e. The highest BCUT2D eigenvalue weighted by Gasteiger charge is 2.68. The lowest BCUT2D eigenvalue weighted by Gasteiger charge is -2.58. The minimum absolute atomic E-state index is 0.0757. The maximum Gasteiger partial charge on any atom is 0.186 e. The smallest absolute Gasteiger partial charge is 0.186 e. The van der Waals surface area contributed by atoms with Crippen LogP contribution in [0.4, 0.5) is 0 Å². The number of aliphatic hydroxyl groups is 6. The Balaban J connectivity index is 0.909. The fraction of sp³-hybridized carbons (Fsp3) is 0.949. The number of allylic oxidation sites excluding steroid dienone is 1. The van der Waals surface area contributed by atoms with E-state index in [9.17, 15) is 30.6 Å². The molecule has 8 rings (SSSR count). The molecule has 290 valence electrons. The Morgan fingerprint density at radius 2 is 1.55 bits per heavy atom. The standard InChI is InChI=1S/C39H62O12/c1-18-8-13-39(47-16-18)19(2)28-26(51-39)15-25-23-7-6-21-14-22(9-11-37(21,4)24(23)10-12-38(25,28)5)49-36-34(45)32(43)30(41)27(50-36)17-46-35-33(44)31(42)29(40)20(3)48-35/h6,18-20,22-36,40-45H,7-17H2,1-5H3/t18-,19+,20+,22+,23-,24-,25+,26+,27+,28+,29+,30+,31-,32-,33-,34+,35-,36+,37+,38+,39-/m1/s1. The summed E-state index contributed by atoms with van der Waals surface area (Å²) in [6.07, 6.45) is -1.32. The van der Waals surface area contributed by atoms with E-state index in [2.05, 4.69) is 33.8 Å². The van der Waals surface area contributed by atoms with E-state index in [1.54, 1.807) is 6.92 Å². The number of hydrogen-bond donors (Lipinski definition) is 6. The first-order valence-electron chi connectivity index (χ1n) is 19.8. The zero-order valence-electron chi connectivity index (χ0n) is 30.9. The van der Waals surface area contributed by atoms with Crippen LogP contribution in [0, 0.1) is 46.3 Å². The number of fused-ring (bicyclic) bond motifs is 7. The molecule has 0 bridgehead atoms. The first kappa shape index (κ1) is 37.2. The number of hydrogen-bond acceptors (Lipinski definition) is 12. The van der Waals surface area contributed by atoms with Gasteiger partial charge in [-0.25, -0.2) is 0 Å². The maximum atomic E-state index is 10.9. The van der Waals surface area contributed by atoms with Gasteiger partial charge in [-0.1, -0.05) is 39.3 Å². The van der Waals surface area contributed by atoms with E-state index in [0.717, 1.165) is 45.1 Å². The van der Waals surface area contributed by atoms with Crippen LogP contribution in [0.2, 0.25) is 0 Å². The van der Waals surface area contributed by atoms with E-state index in [0.29, 0.717) is 35.5 Å². The van der Waals surface area contributed by atoms with Crippen LogP contribution in [0.25, 0.3) is 0 Å². The predicted octanol–water partition coefficient (Wildman–Crippen LogP) is 2.39. The molecule has 1 spiro atoms. The molecule has 8 aliphatic rings. The highest BCUT2D eigenvalue weighted by Crippen LogP contribution is 2.70. The molecule has 0 amide bonds. The van der Waals surface area contributed by atoms with E-state index in [4.69, 9.17) is 28.4 Å². The molecule has 12 heteroatoms. The average Bonchev–Trinajstić information content (AvgIpc) is 3.56. The van der Waals surface area contributed by atoms with Crippen molar-refractivity contribution in [2.24, 2.45) is 46.3 Å². The summed E-state index contributed by atoms with van der Waals surface area (Å²) in [7, 11) is 0. The molecule has 4 heterocycles. The molecular formula is C39H62O12. The third kappa shape index (κ3) is 5.93. The monoisotopic (exact) mass is 722 g/mol. The largest absolute Gasteiger partial charge is 0.388 e. The van der Waals surface area contributed by atoms with Gasteiger partial charge in [0.1, 0.15) is 42.7 Å². The van der Waals surface area contributed by atoms with E-state index >= 15 is 0 Å². The summed E-state index contributed by atoms with van der Waals surface area (Å²) in [5.74, 6) is 2.99. The van der Waals surface area contributed by atoms with Crippen LogP contribution < -0.4 is 0 Å². The van der Waals surface area contributed by atoms with Gasteiger partial charge >= 0.3 is 0 Å². The summed E-state index contributed by atoms with van der Waals surface area (Å²) in [5, 5.41) is 62.8. The summed E-state index contributed by atoms with van der Waals surface area (Å²) in [6.45, 7) is 11.7. The van der Waals surface area contributed by atoms with Crippen LogP contribution in [0.1, 0.15) is 92.4 Å². The normalized spacial score (nSPS) is 58.4. The molecule has 21 atom stereocenters. The van der Waals surface area contributed by atoms with Crippen molar-refractivity contribution in [3.05, 3.63) is 11.6 Å². The van der Waals surface area contributed by atoms with Crippen molar-refractivity contribution in [1.29, 1.82) is 0 Å². The molecule has 0 unspecified atom stereocenters. The molecule has 3 saturated carbocycles. The Morgan fingerprint density at radius 3 is 2.29 bits per heavy atom. The second-order valence-corrected chi connectivity index (χ2v) is 18.3. The first-order valence-corrected chi connectivity index (χ1v) is 19.8. The molecule has 0 aromatic carbocycles. The van der Waals surface area contributed by atoms with Crippen molar-refractivity contribution < 1.29 is 59.1 Å². The molecule has 0 aromatic rings. The summed E-state index contributed by atoms with van der Waals surface area (Å²) in [4.78, 5) is 0. The molecule has 0 aromatic heterocycles. The summed E-state index contributed by atoms with van der Waals surface area (Å²) >= 11 is 0. The molecule has 12 nitrogen and oxygen atoms in total. The number of ether oxygens (including phenoxy) is 6. The van der Waals surface area contributed by atoms with Gasteiger partial charge in [0.2, 0.25) is 0 Å². The van der Waals surface area contributed by atoms with Gasteiger partial charge in [-0.15, -0.1) is 0 Å². The Labute approximate surface area is 301 Å². The summed E-state index contributed by atoms with van der Waals surface area (Å²) < 4.78 is 37.0. The predicted molar refractivity (Wildman–Crippen MR) is 182 cm³/mol. The van der Waals surface area contributed by atoms with Gasteiger partial charge in [0.25, 0.3) is 0 Å². The zero-order chi connectivity index (χ0) is 36.2.